The number of fused-ring (bicyclic) bond motifs is 3. The monoisotopic (exact) mass is 363 g/mol. The van der Waals surface area contributed by atoms with Gasteiger partial charge in [-0.1, -0.05) is 84.9 Å². The highest BCUT2D eigenvalue weighted by molar-refractivity contribution is 6.18. The second kappa shape index (κ2) is 6.91. The molecular formula is C24H16BO3. The molecule has 5 rings (SSSR count). The molecule has 1 radical (unpaired) electrons. The van der Waals surface area contributed by atoms with Crippen molar-refractivity contribution in [2.45, 2.75) is 0 Å². The molecule has 28 heavy (non-hydrogen) atoms. The maximum Gasteiger partial charge on any atom is 0.569 e. The molecule has 0 atom stereocenters. The van der Waals surface area contributed by atoms with Crippen LogP contribution in [0.4, 0.5) is 0 Å². The van der Waals surface area contributed by atoms with Crippen LogP contribution in [0, 0.1) is 0 Å². The van der Waals surface area contributed by atoms with E-state index >= 15 is 0 Å². The predicted molar refractivity (Wildman–Crippen MR) is 113 cm³/mol. The smallest absolute Gasteiger partial charge is 0.535 e. The molecule has 0 spiro atoms. The molecule has 1 N–H and O–H groups in total. The van der Waals surface area contributed by atoms with Gasteiger partial charge in [0.25, 0.3) is 0 Å². The fourth-order valence-corrected chi connectivity index (χ4v) is 3.64. The van der Waals surface area contributed by atoms with E-state index in [9.17, 15) is 0 Å². The molecule has 5 aromatic rings. The fourth-order valence-electron chi connectivity index (χ4n) is 3.64. The van der Waals surface area contributed by atoms with Crippen molar-refractivity contribution >= 4 is 29.6 Å². The van der Waals surface area contributed by atoms with E-state index in [4.69, 9.17) is 14.1 Å². The summed E-state index contributed by atoms with van der Waals surface area (Å²) >= 11 is 0. The van der Waals surface area contributed by atoms with Gasteiger partial charge in [0.15, 0.2) is 5.58 Å². The number of para-hydroxylation sites is 2. The lowest BCUT2D eigenvalue weighted by Crippen LogP contribution is -1.99. The van der Waals surface area contributed by atoms with Gasteiger partial charge in [-0.05, 0) is 22.8 Å². The Morgan fingerprint density at radius 2 is 1.25 bits per heavy atom. The summed E-state index contributed by atoms with van der Waals surface area (Å²) in [5.41, 5.74) is 5.90. The van der Waals surface area contributed by atoms with E-state index in [1.807, 2.05) is 42.5 Å². The molecule has 0 fully saturated rings. The average molecular weight is 363 g/mol. The quantitative estimate of drug-likeness (QED) is 0.409. The van der Waals surface area contributed by atoms with Crippen molar-refractivity contribution in [3.8, 4) is 28.0 Å². The normalized spacial score (nSPS) is 11.0. The Hall–Kier alpha value is -3.50. The minimum atomic E-state index is 0.488. The summed E-state index contributed by atoms with van der Waals surface area (Å²) in [7, 11) is 0.672. The molecule has 3 nitrogen and oxygen atoms in total. The van der Waals surface area contributed by atoms with Crippen LogP contribution in [0.1, 0.15) is 0 Å². The lowest BCUT2D eigenvalue weighted by Gasteiger charge is -2.05. The lowest BCUT2D eigenvalue weighted by molar-refractivity contribution is 0.451. The van der Waals surface area contributed by atoms with Crippen LogP contribution in [-0.2, 0) is 0 Å². The van der Waals surface area contributed by atoms with Gasteiger partial charge in [-0.3, -0.25) is 0 Å². The van der Waals surface area contributed by atoms with Crippen LogP contribution in [0.15, 0.2) is 95.4 Å². The molecule has 0 aliphatic carbocycles. The molecule has 1 aromatic heterocycles. The molecule has 0 amide bonds. The Morgan fingerprint density at radius 1 is 0.607 bits per heavy atom. The van der Waals surface area contributed by atoms with E-state index in [1.54, 1.807) is 6.07 Å². The molecule has 0 bridgehead atoms. The minimum Gasteiger partial charge on any atom is -0.535 e. The van der Waals surface area contributed by atoms with Gasteiger partial charge >= 0.3 is 7.69 Å². The van der Waals surface area contributed by atoms with Crippen LogP contribution in [0.2, 0.25) is 0 Å². The van der Waals surface area contributed by atoms with E-state index in [2.05, 4.69) is 42.5 Å². The van der Waals surface area contributed by atoms with Gasteiger partial charge in [-0.2, -0.15) is 0 Å². The first kappa shape index (κ1) is 16.7. The van der Waals surface area contributed by atoms with E-state index in [0.717, 1.165) is 27.5 Å². The molecule has 0 aliphatic rings. The molecule has 1 heterocycles. The number of hydrogen-bond acceptors (Lipinski definition) is 3. The summed E-state index contributed by atoms with van der Waals surface area (Å²) in [5, 5.41) is 11.0. The van der Waals surface area contributed by atoms with E-state index in [1.165, 1.54) is 11.1 Å². The van der Waals surface area contributed by atoms with Gasteiger partial charge in [0, 0.05) is 16.3 Å². The topological polar surface area (TPSA) is 42.6 Å². The van der Waals surface area contributed by atoms with Crippen molar-refractivity contribution in [3.05, 3.63) is 91.0 Å². The van der Waals surface area contributed by atoms with Crippen molar-refractivity contribution in [1.29, 1.82) is 0 Å². The van der Waals surface area contributed by atoms with Crippen molar-refractivity contribution in [3.63, 3.8) is 0 Å². The highest BCUT2D eigenvalue weighted by Gasteiger charge is 2.15. The first-order valence-electron chi connectivity index (χ1n) is 9.08. The molecule has 133 valence electrons. The molecule has 0 saturated carbocycles. The lowest BCUT2D eigenvalue weighted by atomic mass is 9.99. The van der Waals surface area contributed by atoms with Crippen LogP contribution in [0.5, 0.6) is 5.75 Å². The van der Waals surface area contributed by atoms with Crippen LogP contribution in [0.3, 0.4) is 0 Å². The maximum absolute atomic E-state index is 9.02. The highest BCUT2D eigenvalue weighted by Crippen LogP contribution is 2.39. The second-order valence-electron chi connectivity index (χ2n) is 6.58. The van der Waals surface area contributed by atoms with Gasteiger partial charge in [0.2, 0.25) is 0 Å². The Kier molecular flexibility index (Phi) is 4.11. The van der Waals surface area contributed by atoms with E-state index in [0.29, 0.717) is 19.0 Å². The van der Waals surface area contributed by atoms with Gasteiger partial charge in [0.1, 0.15) is 11.3 Å². The van der Waals surface area contributed by atoms with Gasteiger partial charge in [-0.15, -0.1) is 0 Å². The van der Waals surface area contributed by atoms with Gasteiger partial charge in [0.05, 0.1) is 0 Å². The van der Waals surface area contributed by atoms with E-state index in [-0.39, 0.29) is 0 Å². The van der Waals surface area contributed by atoms with Crippen molar-refractivity contribution in [2.24, 2.45) is 0 Å². The third-order valence-electron chi connectivity index (χ3n) is 4.97. The molecule has 0 unspecified atom stereocenters. The molecule has 0 aliphatic heterocycles. The zero-order valence-electron chi connectivity index (χ0n) is 15.0. The third-order valence-corrected chi connectivity index (χ3v) is 4.97. The van der Waals surface area contributed by atoms with Crippen molar-refractivity contribution in [1.82, 2.24) is 0 Å². The fraction of sp³-hybridized carbons (Fsp3) is 0. The largest absolute Gasteiger partial charge is 0.569 e. The Labute approximate surface area is 163 Å². The molecule has 4 heteroatoms. The van der Waals surface area contributed by atoms with Crippen LogP contribution >= 0.6 is 0 Å². The maximum atomic E-state index is 9.02. The number of furan rings is 1. The minimum absolute atomic E-state index is 0.488. The Balaban J connectivity index is 1.65. The SMILES string of the molecule is O[B]Oc1cccc2c1oc1c(-c3ccc(-c4ccccc4)cc3)cccc12. The summed E-state index contributed by atoms with van der Waals surface area (Å²) in [6.45, 7) is 0. The van der Waals surface area contributed by atoms with Gasteiger partial charge in [-0.25, -0.2) is 0 Å². The van der Waals surface area contributed by atoms with Crippen molar-refractivity contribution in [2.75, 3.05) is 0 Å². The molecule has 0 saturated heterocycles. The van der Waals surface area contributed by atoms with E-state index < -0.39 is 0 Å². The molecular weight excluding hydrogens is 347 g/mol. The number of rotatable bonds is 4. The first-order valence-corrected chi connectivity index (χ1v) is 9.08. The zero-order valence-corrected chi connectivity index (χ0v) is 15.0. The Morgan fingerprint density at radius 3 is 2.00 bits per heavy atom. The van der Waals surface area contributed by atoms with Crippen LogP contribution in [0.25, 0.3) is 44.2 Å². The zero-order chi connectivity index (χ0) is 18.9. The summed E-state index contributed by atoms with van der Waals surface area (Å²) in [4.78, 5) is 0. The standard InChI is InChI=1S/C24H16BO3/c26-25-28-22-11-5-10-21-20-9-4-8-19(23(20)27-24(21)22)18-14-12-17(13-15-18)16-6-2-1-3-7-16/h1-15,26H. The summed E-state index contributed by atoms with van der Waals surface area (Å²) in [5.74, 6) is 0.488. The Bertz CT molecular complexity index is 1260. The van der Waals surface area contributed by atoms with Gasteiger partial charge < -0.3 is 14.1 Å². The first-order chi connectivity index (χ1) is 13.8. The second-order valence-corrected chi connectivity index (χ2v) is 6.58. The predicted octanol–water partition coefficient (Wildman–Crippen LogP) is 5.83. The van der Waals surface area contributed by atoms with Crippen molar-refractivity contribution < 1.29 is 14.1 Å². The number of hydrogen-bond donors (Lipinski definition) is 1. The van der Waals surface area contributed by atoms with Crippen LogP contribution < -0.4 is 4.65 Å². The third kappa shape index (κ3) is 2.75. The highest BCUT2D eigenvalue weighted by atomic mass is 16.5. The number of benzene rings is 4. The molecule has 4 aromatic carbocycles. The summed E-state index contributed by atoms with van der Waals surface area (Å²) in [6, 6.07) is 30.6. The summed E-state index contributed by atoms with van der Waals surface area (Å²) in [6.07, 6.45) is 0. The summed E-state index contributed by atoms with van der Waals surface area (Å²) < 4.78 is 11.4. The average Bonchev–Trinajstić information content (AvgIpc) is 3.15. The van der Waals surface area contributed by atoms with Crippen LogP contribution in [-0.4, -0.2) is 12.7 Å².